The van der Waals surface area contributed by atoms with Crippen LogP contribution in [0.4, 0.5) is 11.4 Å². The minimum atomic E-state index is -4.67. The molecular weight excluding hydrogens is 354 g/mol. The van der Waals surface area contributed by atoms with E-state index in [1.54, 1.807) is 48.5 Å². The van der Waals surface area contributed by atoms with E-state index in [4.69, 9.17) is 49.1 Å². The Kier molecular flexibility index (Phi) is 9.78. The average molecular weight is 372 g/mol. The highest BCUT2D eigenvalue weighted by atomic mass is 32.3. The van der Waals surface area contributed by atoms with Gasteiger partial charge in [0.1, 0.15) is 0 Å². The molecule has 0 fully saturated rings. The van der Waals surface area contributed by atoms with Crippen molar-refractivity contribution < 1.29 is 37.6 Å². The number of nitrogen functional groups attached to an aromatic ring is 2. The van der Waals surface area contributed by atoms with Gasteiger partial charge in [0.25, 0.3) is 0 Å². The minimum absolute atomic E-state index is 0.350. The third kappa shape index (κ3) is 11.1. The van der Waals surface area contributed by atoms with Crippen molar-refractivity contribution >= 4 is 46.9 Å². The molecule has 0 saturated carbocycles. The fourth-order valence-corrected chi connectivity index (χ4v) is 1.49. The van der Waals surface area contributed by atoms with E-state index in [2.05, 4.69) is 0 Å². The third-order valence-corrected chi connectivity index (χ3v) is 2.55. The zero-order valence-electron chi connectivity index (χ0n) is 12.8. The second kappa shape index (κ2) is 10.7. The predicted octanol–water partition coefficient (Wildman–Crippen LogP) is -2.76. The molecule has 0 aliphatic heterocycles. The summed E-state index contributed by atoms with van der Waals surface area (Å²) < 4.78 is 31.6. The van der Waals surface area contributed by atoms with Gasteiger partial charge in [0.15, 0.2) is 0 Å². The van der Waals surface area contributed by atoms with Crippen molar-refractivity contribution in [2.45, 2.75) is 0 Å². The molecule has 0 aliphatic carbocycles. The van der Waals surface area contributed by atoms with Crippen LogP contribution in [0.15, 0.2) is 48.5 Å². The van der Waals surface area contributed by atoms with Crippen LogP contribution in [0.3, 0.4) is 0 Å². The second-order valence-electron chi connectivity index (χ2n) is 4.45. The van der Waals surface area contributed by atoms with Crippen molar-refractivity contribution in [3.8, 4) is 0 Å². The van der Waals surface area contributed by atoms with Gasteiger partial charge in [-0.2, -0.15) is 8.42 Å². The van der Waals surface area contributed by atoms with Crippen molar-refractivity contribution in [1.82, 2.24) is 0 Å². The van der Waals surface area contributed by atoms with Gasteiger partial charge in [-0.15, -0.1) is 0 Å². The molecule has 0 aliphatic rings. The molecule has 2 aromatic rings. The lowest BCUT2D eigenvalue weighted by Crippen LogP contribution is -2.31. The number of hydrogen-bond acceptors (Lipinski definition) is 8. The molecule has 0 unspecified atom stereocenters. The van der Waals surface area contributed by atoms with Gasteiger partial charge in [-0.25, -0.2) is 0 Å². The fourth-order valence-electron chi connectivity index (χ4n) is 1.49. The molecule has 136 valence electrons. The monoisotopic (exact) mass is 372 g/mol. The Morgan fingerprint density at radius 2 is 0.920 bits per heavy atom. The van der Waals surface area contributed by atoms with Gasteiger partial charge >= 0.3 is 24.6 Å². The normalized spacial score (nSPS) is 9.84. The first-order chi connectivity index (χ1) is 11.4. The van der Waals surface area contributed by atoms with Gasteiger partial charge in [0.05, 0.1) is 0 Å². The Hall–Kier alpha value is -2.12. The molecule has 0 amide bonds. The molecule has 25 heavy (non-hydrogen) atoms. The van der Waals surface area contributed by atoms with Crippen LogP contribution in [-0.4, -0.2) is 51.9 Å². The molecule has 0 heterocycles. The second-order valence-corrected chi connectivity index (χ2v) is 5.35. The summed E-state index contributed by atoms with van der Waals surface area (Å²) in [7, 11) is -7.61. The SMILES string of the molecule is Nc1ccccc1B(O)O.Nc1ccccc1B(O)O.O=S(=O)(O)O. The number of benzene rings is 2. The summed E-state index contributed by atoms with van der Waals surface area (Å²) in [6.07, 6.45) is 0. The molecule has 0 radical (unpaired) electrons. The number of anilines is 2. The molecule has 0 spiro atoms. The number of para-hydroxylation sites is 2. The lowest BCUT2D eigenvalue weighted by Gasteiger charge is -2.01. The molecule has 13 heteroatoms. The maximum absolute atomic E-state index is 8.74. The van der Waals surface area contributed by atoms with Crippen LogP contribution < -0.4 is 22.4 Å². The molecule has 10 N–H and O–H groups in total. The van der Waals surface area contributed by atoms with Crippen LogP contribution in [0.2, 0.25) is 0 Å². The first-order valence-electron chi connectivity index (χ1n) is 6.54. The van der Waals surface area contributed by atoms with Crippen molar-refractivity contribution in [3.05, 3.63) is 48.5 Å². The average Bonchev–Trinajstić information content (AvgIpc) is 2.46. The summed E-state index contributed by atoms with van der Waals surface area (Å²) in [5.41, 5.74) is 12.3. The summed E-state index contributed by atoms with van der Waals surface area (Å²) in [4.78, 5) is 0. The third-order valence-electron chi connectivity index (χ3n) is 2.55. The molecule has 0 aromatic heterocycles. The van der Waals surface area contributed by atoms with Crippen molar-refractivity contribution in [3.63, 3.8) is 0 Å². The molecule has 2 aromatic carbocycles. The first-order valence-corrected chi connectivity index (χ1v) is 7.94. The number of hydrogen-bond donors (Lipinski definition) is 8. The van der Waals surface area contributed by atoms with Crippen LogP contribution in [0.5, 0.6) is 0 Å². The van der Waals surface area contributed by atoms with Crippen LogP contribution >= 0.6 is 0 Å². The van der Waals surface area contributed by atoms with E-state index >= 15 is 0 Å². The Morgan fingerprint density at radius 3 is 1.08 bits per heavy atom. The maximum Gasteiger partial charge on any atom is 0.490 e. The lowest BCUT2D eigenvalue weighted by atomic mass is 9.79. The summed E-state index contributed by atoms with van der Waals surface area (Å²) in [6.45, 7) is 0. The minimum Gasteiger partial charge on any atom is -0.423 e. The molecule has 2 rings (SSSR count). The topological polar surface area (TPSA) is 208 Å². The van der Waals surface area contributed by atoms with E-state index in [1.165, 1.54) is 0 Å². The van der Waals surface area contributed by atoms with E-state index < -0.39 is 24.6 Å². The molecule has 0 saturated heterocycles. The Bertz CT molecular complexity index is 701. The first kappa shape index (κ1) is 22.9. The van der Waals surface area contributed by atoms with Crippen LogP contribution in [0.25, 0.3) is 0 Å². The predicted molar refractivity (Wildman–Crippen MR) is 95.5 cm³/mol. The van der Waals surface area contributed by atoms with Gasteiger partial charge in [0.2, 0.25) is 0 Å². The van der Waals surface area contributed by atoms with Crippen LogP contribution in [-0.2, 0) is 10.4 Å². The summed E-state index contributed by atoms with van der Waals surface area (Å²) in [5, 5.41) is 34.7. The van der Waals surface area contributed by atoms with Gasteiger partial charge in [0, 0.05) is 22.3 Å². The van der Waals surface area contributed by atoms with Gasteiger partial charge in [-0.3, -0.25) is 9.11 Å². The van der Waals surface area contributed by atoms with Crippen molar-refractivity contribution in [1.29, 1.82) is 0 Å². The smallest absolute Gasteiger partial charge is 0.423 e. The summed E-state index contributed by atoms with van der Waals surface area (Å²) >= 11 is 0. The molecule has 10 nitrogen and oxygen atoms in total. The van der Waals surface area contributed by atoms with Crippen LogP contribution in [0, 0.1) is 0 Å². The molecular formula is C12H18B2N2O8S. The van der Waals surface area contributed by atoms with E-state index in [0.29, 0.717) is 22.3 Å². The quantitative estimate of drug-likeness (QED) is 0.155. The fraction of sp³-hybridized carbons (Fsp3) is 0. The largest absolute Gasteiger partial charge is 0.490 e. The highest BCUT2D eigenvalue weighted by molar-refractivity contribution is 7.79. The molecule has 0 atom stereocenters. The van der Waals surface area contributed by atoms with E-state index in [9.17, 15) is 0 Å². The van der Waals surface area contributed by atoms with E-state index in [0.717, 1.165) is 0 Å². The van der Waals surface area contributed by atoms with E-state index in [1.807, 2.05) is 0 Å². The Balaban J connectivity index is 0.000000368. The zero-order chi connectivity index (χ0) is 19.6. The highest BCUT2D eigenvalue weighted by Gasteiger charge is 2.13. The zero-order valence-corrected chi connectivity index (χ0v) is 13.7. The lowest BCUT2D eigenvalue weighted by molar-refractivity contribution is 0.380. The number of rotatable bonds is 2. The number of nitrogens with two attached hydrogens (primary N) is 2. The van der Waals surface area contributed by atoms with Gasteiger partial charge in [-0.1, -0.05) is 36.4 Å². The Labute approximate surface area is 145 Å². The van der Waals surface area contributed by atoms with Crippen molar-refractivity contribution in [2.75, 3.05) is 11.5 Å². The summed E-state index contributed by atoms with van der Waals surface area (Å²) in [6, 6.07) is 13.3. The van der Waals surface area contributed by atoms with Gasteiger partial charge < -0.3 is 31.6 Å². The molecule has 0 bridgehead atoms. The maximum atomic E-state index is 8.74. The Morgan fingerprint density at radius 1 is 0.680 bits per heavy atom. The standard InChI is InChI=1S/2C6H8BNO2.H2O4S/c2*8-6-4-2-1-3-5(6)7(9)10;1-5(2,3)4/h2*1-4,9-10H,8H2;(H2,1,2,3,4). The summed E-state index contributed by atoms with van der Waals surface area (Å²) in [5.74, 6) is 0. The van der Waals surface area contributed by atoms with Gasteiger partial charge in [-0.05, 0) is 12.1 Å². The van der Waals surface area contributed by atoms with E-state index in [-0.39, 0.29) is 0 Å². The van der Waals surface area contributed by atoms with Crippen LogP contribution in [0.1, 0.15) is 0 Å². The highest BCUT2D eigenvalue weighted by Crippen LogP contribution is 1.96. The van der Waals surface area contributed by atoms with Crippen molar-refractivity contribution in [2.24, 2.45) is 0 Å².